The van der Waals surface area contributed by atoms with Gasteiger partial charge in [0.15, 0.2) is 0 Å². The predicted molar refractivity (Wildman–Crippen MR) is 121 cm³/mol. The molecule has 0 saturated carbocycles. The second-order valence-electron chi connectivity index (χ2n) is 7.47. The number of carbonyl (C=O) groups is 1. The number of ether oxygens (including phenoxy) is 1. The lowest BCUT2D eigenvalue weighted by Gasteiger charge is -2.38. The average Bonchev–Trinajstić information content (AvgIpc) is 2.79. The summed E-state index contributed by atoms with van der Waals surface area (Å²) in [7, 11) is 0.186. The van der Waals surface area contributed by atoms with Crippen molar-refractivity contribution in [3.8, 4) is 5.75 Å². The Kier molecular flexibility index (Phi) is 7.01. The molecule has 2 heterocycles. The molecule has 168 valence electrons. The topological polar surface area (TPSA) is 118 Å². The summed E-state index contributed by atoms with van der Waals surface area (Å²) >= 11 is 0. The molecule has 9 nitrogen and oxygen atoms in total. The van der Waals surface area contributed by atoms with Gasteiger partial charge in [-0.1, -0.05) is 0 Å². The van der Waals surface area contributed by atoms with Gasteiger partial charge in [-0.2, -0.15) is 4.31 Å². The van der Waals surface area contributed by atoms with Crippen LogP contribution in [0.3, 0.4) is 0 Å². The molecular weight excluding hydrogens is 418 g/mol. The summed E-state index contributed by atoms with van der Waals surface area (Å²) in [4.78, 5) is 18.3. The van der Waals surface area contributed by atoms with Crippen LogP contribution in [0, 0.1) is 0 Å². The third-order valence-corrected chi connectivity index (χ3v) is 7.40. The van der Waals surface area contributed by atoms with Crippen LogP contribution in [-0.2, 0) is 10.0 Å². The monoisotopic (exact) mass is 447 g/mol. The Balaban J connectivity index is 1.87. The first-order chi connectivity index (χ1) is 14.7. The fourth-order valence-corrected chi connectivity index (χ4v) is 4.86. The number of anilines is 3. The summed E-state index contributed by atoms with van der Waals surface area (Å²) in [5.41, 5.74) is 7.30. The number of amides is 1. The number of hydrogen-bond donors (Lipinski definition) is 2. The fraction of sp³-hybridized carbons (Fsp3) is 0.429. The average molecular weight is 448 g/mol. The minimum absolute atomic E-state index is 0.0706. The number of likely N-dealkylation sites (N-methyl/N-ethyl adjacent to an activating group) is 1. The van der Waals surface area contributed by atoms with E-state index in [1.807, 2.05) is 36.2 Å². The van der Waals surface area contributed by atoms with E-state index in [1.54, 1.807) is 20.1 Å². The standard InChI is InChI=1S/C21H29N5O4S/c1-4-31(28,29)26-11-5-6-16(14-26)25(2)19-12-20(23-13-18(19)21(22)27)24-15-7-9-17(30-3)10-8-15/h7-10,12-13,16H,4-6,11,14H2,1-3H3,(H2,22,27)(H,23,24)/t16-/m1/s1. The predicted octanol–water partition coefficient (Wildman–Crippen LogP) is 2.18. The second kappa shape index (κ2) is 9.52. The number of nitrogens with two attached hydrogens (primary N) is 1. The summed E-state index contributed by atoms with van der Waals surface area (Å²) in [5, 5.41) is 3.21. The smallest absolute Gasteiger partial charge is 0.252 e. The number of primary amides is 1. The van der Waals surface area contributed by atoms with E-state index in [0.29, 0.717) is 30.2 Å². The molecule has 1 aliphatic heterocycles. The van der Waals surface area contributed by atoms with E-state index in [4.69, 9.17) is 10.5 Å². The minimum atomic E-state index is -3.27. The number of methoxy groups -OCH3 is 1. The summed E-state index contributed by atoms with van der Waals surface area (Å²) in [6.45, 7) is 2.53. The molecule has 1 aliphatic rings. The quantitative estimate of drug-likeness (QED) is 0.637. The van der Waals surface area contributed by atoms with Crippen LogP contribution in [0.2, 0.25) is 0 Å². The van der Waals surface area contributed by atoms with Crippen molar-refractivity contribution in [1.29, 1.82) is 0 Å². The third kappa shape index (κ3) is 5.26. The van der Waals surface area contributed by atoms with Gasteiger partial charge in [0.1, 0.15) is 11.6 Å². The number of pyridine rings is 1. The zero-order valence-corrected chi connectivity index (χ0v) is 18.9. The van der Waals surface area contributed by atoms with Crippen LogP contribution in [0.4, 0.5) is 17.2 Å². The first kappa shape index (κ1) is 22.8. The zero-order valence-electron chi connectivity index (χ0n) is 18.0. The first-order valence-electron chi connectivity index (χ1n) is 10.2. The lowest BCUT2D eigenvalue weighted by molar-refractivity contribution is 0.1000. The summed E-state index contributed by atoms with van der Waals surface area (Å²) in [6, 6.07) is 9.07. The van der Waals surface area contributed by atoms with E-state index in [2.05, 4.69) is 10.3 Å². The third-order valence-electron chi connectivity index (χ3n) is 5.56. The Morgan fingerprint density at radius 3 is 2.68 bits per heavy atom. The lowest BCUT2D eigenvalue weighted by atomic mass is 10.0. The summed E-state index contributed by atoms with van der Waals surface area (Å²) in [6.07, 6.45) is 3.01. The van der Waals surface area contributed by atoms with Crippen molar-refractivity contribution in [2.24, 2.45) is 5.73 Å². The Bertz CT molecular complexity index is 1030. The highest BCUT2D eigenvalue weighted by Crippen LogP contribution is 2.29. The van der Waals surface area contributed by atoms with Gasteiger partial charge in [-0.25, -0.2) is 13.4 Å². The summed E-state index contributed by atoms with van der Waals surface area (Å²) in [5.74, 6) is 0.776. The molecule has 3 rings (SSSR count). The number of carbonyl (C=O) groups excluding carboxylic acids is 1. The molecule has 1 aromatic carbocycles. The Labute approximate surface area is 183 Å². The lowest BCUT2D eigenvalue weighted by Crippen LogP contribution is -2.49. The van der Waals surface area contributed by atoms with Crippen LogP contribution in [0.1, 0.15) is 30.1 Å². The van der Waals surface area contributed by atoms with Crippen molar-refractivity contribution in [3.63, 3.8) is 0 Å². The summed E-state index contributed by atoms with van der Waals surface area (Å²) < 4.78 is 31.4. The largest absolute Gasteiger partial charge is 0.497 e. The van der Waals surface area contributed by atoms with Crippen molar-refractivity contribution in [3.05, 3.63) is 42.1 Å². The molecule has 0 bridgehead atoms. The van der Waals surface area contributed by atoms with Gasteiger partial charge in [0.25, 0.3) is 5.91 Å². The van der Waals surface area contributed by atoms with Gasteiger partial charge in [-0.15, -0.1) is 0 Å². The first-order valence-corrected chi connectivity index (χ1v) is 11.8. The van der Waals surface area contributed by atoms with E-state index in [-0.39, 0.29) is 11.8 Å². The van der Waals surface area contributed by atoms with Crippen molar-refractivity contribution in [1.82, 2.24) is 9.29 Å². The maximum absolute atomic E-state index is 12.3. The molecule has 31 heavy (non-hydrogen) atoms. The highest BCUT2D eigenvalue weighted by molar-refractivity contribution is 7.89. The van der Waals surface area contributed by atoms with Gasteiger partial charge < -0.3 is 20.7 Å². The second-order valence-corrected chi connectivity index (χ2v) is 9.73. The molecule has 0 spiro atoms. The number of hydrogen-bond acceptors (Lipinski definition) is 7. The van der Waals surface area contributed by atoms with E-state index in [0.717, 1.165) is 24.3 Å². The van der Waals surface area contributed by atoms with E-state index >= 15 is 0 Å². The number of piperidine rings is 1. The molecule has 0 radical (unpaired) electrons. The molecular formula is C21H29N5O4S. The van der Waals surface area contributed by atoms with Crippen molar-refractivity contribution in [2.75, 3.05) is 43.2 Å². The molecule has 0 unspecified atom stereocenters. The molecule has 1 fully saturated rings. The molecule has 1 saturated heterocycles. The normalized spacial score (nSPS) is 17.2. The van der Waals surface area contributed by atoms with E-state index < -0.39 is 15.9 Å². The number of sulfonamides is 1. The SMILES string of the molecule is CCS(=O)(=O)N1CCC[C@@H](N(C)c2cc(Nc3ccc(OC)cc3)ncc2C(N)=O)C1. The number of benzene rings is 1. The van der Waals surface area contributed by atoms with Gasteiger partial charge in [0.05, 0.1) is 24.1 Å². The molecule has 0 aliphatic carbocycles. The van der Waals surface area contributed by atoms with Gasteiger partial charge in [0.2, 0.25) is 10.0 Å². The van der Waals surface area contributed by atoms with Gasteiger partial charge >= 0.3 is 0 Å². The zero-order chi connectivity index (χ0) is 22.6. The Hall–Kier alpha value is -2.85. The van der Waals surface area contributed by atoms with Crippen LogP contribution >= 0.6 is 0 Å². The maximum atomic E-state index is 12.3. The van der Waals surface area contributed by atoms with Crippen LogP contribution in [-0.4, -0.2) is 62.7 Å². The molecule has 1 atom stereocenters. The molecule has 10 heteroatoms. The number of rotatable bonds is 8. The van der Waals surface area contributed by atoms with Crippen molar-refractivity contribution >= 4 is 33.1 Å². The van der Waals surface area contributed by atoms with Gasteiger partial charge in [0, 0.05) is 44.1 Å². The van der Waals surface area contributed by atoms with Crippen LogP contribution in [0.15, 0.2) is 36.5 Å². The maximum Gasteiger partial charge on any atom is 0.252 e. The van der Waals surface area contributed by atoms with Gasteiger partial charge in [-0.05, 0) is 44.0 Å². The van der Waals surface area contributed by atoms with Crippen LogP contribution in [0.25, 0.3) is 0 Å². The fourth-order valence-electron chi connectivity index (χ4n) is 3.69. The highest BCUT2D eigenvalue weighted by Gasteiger charge is 2.31. The van der Waals surface area contributed by atoms with Gasteiger partial charge in [-0.3, -0.25) is 4.79 Å². The molecule has 3 N–H and O–H groups in total. The van der Waals surface area contributed by atoms with E-state index in [1.165, 1.54) is 10.5 Å². The Morgan fingerprint density at radius 1 is 1.35 bits per heavy atom. The van der Waals surface area contributed by atoms with E-state index in [9.17, 15) is 13.2 Å². The van der Waals surface area contributed by atoms with Crippen LogP contribution in [0.5, 0.6) is 5.75 Å². The number of aromatic nitrogens is 1. The van der Waals surface area contributed by atoms with Crippen LogP contribution < -0.4 is 20.7 Å². The minimum Gasteiger partial charge on any atom is -0.497 e. The number of nitrogens with zero attached hydrogens (tertiary/aromatic N) is 3. The Morgan fingerprint density at radius 2 is 2.06 bits per heavy atom. The highest BCUT2D eigenvalue weighted by atomic mass is 32.2. The number of nitrogens with one attached hydrogen (secondary N) is 1. The molecule has 2 aromatic rings. The van der Waals surface area contributed by atoms with Crippen molar-refractivity contribution < 1.29 is 17.9 Å². The molecule has 1 amide bonds. The van der Waals surface area contributed by atoms with Crippen molar-refractivity contribution in [2.45, 2.75) is 25.8 Å². The molecule has 1 aromatic heterocycles.